The molecule has 0 fully saturated rings. The van der Waals surface area contributed by atoms with Crippen LogP contribution >= 0.6 is 0 Å². The van der Waals surface area contributed by atoms with E-state index in [2.05, 4.69) is 0 Å². The molecule has 1 aliphatic rings. The maximum absolute atomic E-state index is 10.3. The lowest BCUT2D eigenvalue weighted by atomic mass is 9.91. The van der Waals surface area contributed by atoms with Gasteiger partial charge in [0.15, 0.2) is 23.0 Å². The number of aromatic hydroxyl groups is 1. The van der Waals surface area contributed by atoms with Crippen molar-refractivity contribution < 1.29 is 28.8 Å². The van der Waals surface area contributed by atoms with E-state index in [9.17, 15) is 5.11 Å². The number of hydrogen-bond acceptors (Lipinski definition) is 6. The molecule has 0 bridgehead atoms. The molecule has 0 amide bonds. The molecule has 6 heteroatoms. The van der Waals surface area contributed by atoms with Gasteiger partial charge in [-0.25, -0.2) is 0 Å². The van der Waals surface area contributed by atoms with Gasteiger partial charge in [-0.2, -0.15) is 0 Å². The molecule has 6 nitrogen and oxygen atoms in total. The molecule has 0 spiro atoms. The van der Waals surface area contributed by atoms with Gasteiger partial charge in [0.05, 0.1) is 21.3 Å². The maximum atomic E-state index is 10.3. The van der Waals surface area contributed by atoms with Gasteiger partial charge in [-0.15, -0.1) is 0 Å². The molecule has 1 atom stereocenters. The Bertz CT molecular complexity index is 730. The number of fused-ring (bicyclic) bond motifs is 1. The van der Waals surface area contributed by atoms with E-state index in [4.69, 9.17) is 23.7 Å². The Kier molecular flexibility index (Phi) is 4.29. The Hall–Kier alpha value is -2.76. The standard InChI is InChI=1S/C18H20O6/c1-10(12-7-14-15(8-13(12)19)24-9-23-14)11-5-16(20-2)18(22-4)17(6-11)21-3/h5-8,10,19H,9H2,1-4H3/t10-/m1/s1. The van der Waals surface area contributed by atoms with Gasteiger partial charge in [0.2, 0.25) is 12.5 Å². The lowest BCUT2D eigenvalue weighted by Gasteiger charge is -2.19. The highest BCUT2D eigenvalue weighted by molar-refractivity contribution is 5.58. The van der Waals surface area contributed by atoms with Gasteiger partial charge in [0.25, 0.3) is 0 Å². The second-order valence-electron chi connectivity index (χ2n) is 5.44. The number of rotatable bonds is 5. The van der Waals surface area contributed by atoms with E-state index >= 15 is 0 Å². The van der Waals surface area contributed by atoms with Crippen LogP contribution in [0.3, 0.4) is 0 Å². The van der Waals surface area contributed by atoms with E-state index in [-0.39, 0.29) is 18.5 Å². The van der Waals surface area contributed by atoms with Gasteiger partial charge >= 0.3 is 0 Å². The molecular formula is C18H20O6. The molecular weight excluding hydrogens is 312 g/mol. The van der Waals surface area contributed by atoms with Crippen LogP contribution in [0.5, 0.6) is 34.5 Å². The van der Waals surface area contributed by atoms with Crippen molar-refractivity contribution in [3.63, 3.8) is 0 Å². The monoisotopic (exact) mass is 332 g/mol. The fourth-order valence-corrected chi connectivity index (χ4v) is 2.82. The highest BCUT2D eigenvalue weighted by Gasteiger charge is 2.23. The van der Waals surface area contributed by atoms with Crippen LogP contribution in [0.25, 0.3) is 0 Å². The van der Waals surface area contributed by atoms with Crippen molar-refractivity contribution in [2.24, 2.45) is 0 Å². The molecule has 128 valence electrons. The summed E-state index contributed by atoms with van der Waals surface area (Å²) < 4.78 is 26.8. The molecule has 1 aliphatic heterocycles. The molecule has 2 aromatic carbocycles. The van der Waals surface area contributed by atoms with E-state index < -0.39 is 0 Å². The van der Waals surface area contributed by atoms with Crippen molar-refractivity contribution >= 4 is 0 Å². The first-order valence-electron chi connectivity index (χ1n) is 7.51. The van der Waals surface area contributed by atoms with Crippen molar-refractivity contribution in [2.45, 2.75) is 12.8 Å². The number of methoxy groups -OCH3 is 3. The zero-order chi connectivity index (χ0) is 17.3. The van der Waals surface area contributed by atoms with E-state index in [1.54, 1.807) is 33.5 Å². The zero-order valence-electron chi connectivity index (χ0n) is 14.1. The molecule has 3 rings (SSSR count). The van der Waals surface area contributed by atoms with E-state index in [1.165, 1.54) is 0 Å². The predicted octanol–water partition coefficient (Wildman–Crippen LogP) is 3.30. The topological polar surface area (TPSA) is 66.4 Å². The van der Waals surface area contributed by atoms with Crippen molar-refractivity contribution in [3.05, 3.63) is 35.4 Å². The van der Waals surface area contributed by atoms with Crippen LogP contribution in [0, 0.1) is 0 Å². The minimum Gasteiger partial charge on any atom is -0.508 e. The largest absolute Gasteiger partial charge is 0.508 e. The first-order chi connectivity index (χ1) is 11.6. The molecule has 0 aromatic heterocycles. The van der Waals surface area contributed by atoms with Crippen LogP contribution in [0.2, 0.25) is 0 Å². The third-order valence-corrected chi connectivity index (χ3v) is 4.18. The van der Waals surface area contributed by atoms with Gasteiger partial charge < -0.3 is 28.8 Å². The Morgan fingerprint density at radius 3 is 2.04 bits per heavy atom. The first kappa shape index (κ1) is 16.1. The number of benzene rings is 2. The summed E-state index contributed by atoms with van der Waals surface area (Å²) in [6.45, 7) is 2.15. The number of ether oxygens (including phenoxy) is 5. The van der Waals surface area contributed by atoms with Crippen molar-refractivity contribution in [2.75, 3.05) is 28.1 Å². The smallest absolute Gasteiger partial charge is 0.231 e. The average molecular weight is 332 g/mol. The minimum atomic E-state index is -0.117. The Balaban J connectivity index is 2.06. The normalized spacial score (nSPS) is 13.5. The summed E-state index contributed by atoms with van der Waals surface area (Å²) in [5, 5.41) is 10.3. The third kappa shape index (κ3) is 2.64. The molecule has 1 heterocycles. The second kappa shape index (κ2) is 6.39. The highest BCUT2D eigenvalue weighted by Crippen LogP contribution is 2.45. The SMILES string of the molecule is COc1cc([C@@H](C)c2cc3c(cc2O)OCO3)cc(OC)c1OC. The summed E-state index contributed by atoms with van der Waals surface area (Å²) in [4.78, 5) is 0. The van der Waals surface area contributed by atoms with Crippen LogP contribution in [0.4, 0.5) is 0 Å². The fraction of sp³-hybridized carbons (Fsp3) is 0.333. The van der Waals surface area contributed by atoms with Gasteiger partial charge in [-0.3, -0.25) is 0 Å². The zero-order valence-corrected chi connectivity index (χ0v) is 14.1. The molecule has 0 unspecified atom stereocenters. The molecule has 2 aromatic rings. The van der Waals surface area contributed by atoms with Crippen LogP contribution in [0.15, 0.2) is 24.3 Å². The summed E-state index contributed by atoms with van der Waals surface area (Å²) in [5.41, 5.74) is 1.65. The third-order valence-electron chi connectivity index (χ3n) is 4.18. The lowest BCUT2D eigenvalue weighted by Crippen LogP contribution is -2.01. The minimum absolute atomic E-state index is 0.117. The van der Waals surface area contributed by atoms with E-state index in [0.29, 0.717) is 28.7 Å². The fourth-order valence-electron chi connectivity index (χ4n) is 2.82. The Morgan fingerprint density at radius 1 is 0.917 bits per heavy atom. The predicted molar refractivity (Wildman–Crippen MR) is 87.8 cm³/mol. The van der Waals surface area contributed by atoms with Crippen LogP contribution in [-0.2, 0) is 0 Å². The molecule has 0 radical (unpaired) electrons. The quantitative estimate of drug-likeness (QED) is 0.906. The molecule has 0 saturated carbocycles. The van der Waals surface area contributed by atoms with Crippen molar-refractivity contribution in [3.8, 4) is 34.5 Å². The van der Waals surface area contributed by atoms with Gasteiger partial charge in [-0.1, -0.05) is 6.92 Å². The Morgan fingerprint density at radius 2 is 1.50 bits per heavy atom. The summed E-state index contributed by atoms with van der Waals surface area (Å²) in [6.07, 6.45) is 0. The molecule has 0 saturated heterocycles. The number of hydrogen-bond donors (Lipinski definition) is 1. The molecule has 1 N–H and O–H groups in total. The van der Waals surface area contributed by atoms with Gasteiger partial charge in [0, 0.05) is 17.5 Å². The van der Waals surface area contributed by atoms with Gasteiger partial charge in [-0.05, 0) is 23.8 Å². The van der Waals surface area contributed by atoms with E-state index in [0.717, 1.165) is 11.1 Å². The van der Waals surface area contributed by atoms with E-state index in [1.807, 2.05) is 19.1 Å². The Labute approximate surface area is 140 Å². The van der Waals surface area contributed by atoms with Crippen molar-refractivity contribution in [1.29, 1.82) is 0 Å². The first-order valence-corrected chi connectivity index (χ1v) is 7.51. The number of phenolic OH excluding ortho intramolecular Hbond substituents is 1. The summed E-state index contributed by atoms with van der Waals surface area (Å²) in [7, 11) is 4.71. The van der Waals surface area contributed by atoms with Crippen molar-refractivity contribution in [1.82, 2.24) is 0 Å². The van der Waals surface area contributed by atoms with Crippen LogP contribution in [-0.4, -0.2) is 33.2 Å². The highest BCUT2D eigenvalue weighted by atomic mass is 16.7. The summed E-state index contributed by atoms with van der Waals surface area (Å²) >= 11 is 0. The summed E-state index contributed by atoms with van der Waals surface area (Å²) in [6, 6.07) is 7.11. The van der Waals surface area contributed by atoms with Crippen LogP contribution in [0.1, 0.15) is 24.0 Å². The molecule has 24 heavy (non-hydrogen) atoms. The molecule has 0 aliphatic carbocycles. The van der Waals surface area contributed by atoms with Gasteiger partial charge in [0.1, 0.15) is 5.75 Å². The average Bonchev–Trinajstić information content (AvgIpc) is 3.06. The summed E-state index contributed by atoms with van der Waals surface area (Å²) in [5.74, 6) is 2.88. The lowest BCUT2D eigenvalue weighted by molar-refractivity contribution is 0.174. The maximum Gasteiger partial charge on any atom is 0.231 e. The second-order valence-corrected chi connectivity index (χ2v) is 5.44. The van der Waals surface area contributed by atoms with Crippen LogP contribution < -0.4 is 23.7 Å². The number of phenols is 1.